The highest BCUT2D eigenvalue weighted by atomic mass is 32.2. The van der Waals surface area contributed by atoms with Crippen molar-refractivity contribution in [3.63, 3.8) is 0 Å². The van der Waals surface area contributed by atoms with Crippen LogP contribution >= 0.6 is 11.8 Å². The second-order valence-electron chi connectivity index (χ2n) is 3.88. The molecule has 2 atom stereocenters. The Balaban J connectivity index is 3.92. The van der Waals surface area contributed by atoms with Crippen LogP contribution in [0.1, 0.15) is 39.5 Å². The van der Waals surface area contributed by atoms with Crippen molar-refractivity contribution in [3.8, 4) is 0 Å². The first-order chi connectivity index (χ1) is 9.02. The van der Waals surface area contributed by atoms with Crippen molar-refractivity contribution >= 4 is 23.7 Å². The summed E-state index contributed by atoms with van der Waals surface area (Å²) in [6, 6.07) is 0. The lowest BCUT2D eigenvalue weighted by molar-refractivity contribution is -0.149. The maximum absolute atomic E-state index is 11.3. The van der Waals surface area contributed by atoms with Crippen LogP contribution in [0.4, 0.5) is 0 Å². The first kappa shape index (κ1) is 18.2. The van der Waals surface area contributed by atoms with E-state index in [2.05, 4.69) is 0 Å². The van der Waals surface area contributed by atoms with E-state index < -0.39 is 22.8 Å². The van der Waals surface area contributed by atoms with E-state index in [1.54, 1.807) is 0 Å². The minimum absolute atomic E-state index is 0.212. The molecule has 0 aromatic carbocycles. The highest BCUT2D eigenvalue weighted by Crippen LogP contribution is 2.16. The summed E-state index contributed by atoms with van der Waals surface area (Å²) < 4.78 is 9.50. The smallest absolute Gasteiger partial charge is 0.345 e. The van der Waals surface area contributed by atoms with E-state index >= 15 is 0 Å². The number of hydrogen-bond donors (Lipinski definition) is 2. The average molecular weight is 294 g/mol. The molecule has 0 aliphatic carbocycles. The molecule has 0 rings (SSSR count). The summed E-state index contributed by atoms with van der Waals surface area (Å²) in [5.74, 6) is -1.72. The van der Waals surface area contributed by atoms with Gasteiger partial charge in [-0.1, -0.05) is 38.5 Å². The molecule has 0 bridgehead atoms. The fourth-order valence-corrected chi connectivity index (χ4v) is 1.61. The van der Waals surface area contributed by atoms with Crippen molar-refractivity contribution < 1.29 is 29.3 Å². The molecule has 0 saturated heterocycles. The van der Waals surface area contributed by atoms with Crippen molar-refractivity contribution in [2.24, 2.45) is 0 Å². The molecule has 6 nitrogen and oxygen atoms in total. The molecule has 0 heterocycles. The number of rotatable bonds is 10. The van der Waals surface area contributed by atoms with Crippen LogP contribution in [0.15, 0.2) is 0 Å². The fourth-order valence-electron chi connectivity index (χ4n) is 1.01. The molecule has 112 valence electrons. The van der Waals surface area contributed by atoms with Crippen molar-refractivity contribution in [1.29, 1.82) is 0 Å². The van der Waals surface area contributed by atoms with Crippen LogP contribution in [0.25, 0.3) is 0 Å². The second kappa shape index (κ2) is 11.1. The third-order valence-electron chi connectivity index (χ3n) is 2.15. The van der Waals surface area contributed by atoms with Gasteiger partial charge in [0, 0.05) is 0 Å². The SMILES string of the molecule is CCCCOC(=O)C(O)SC(O)C(=O)OCCCC. The first-order valence-corrected chi connectivity index (χ1v) is 7.32. The molecule has 0 aromatic heterocycles. The molecule has 19 heavy (non-hydrogen) atoms. The summed E-state index contributed by atoms with van der Waals surface area (Å²) in [7, 11) is 0. The van der Waals surface area contributed by atoms with Crippen molar-refractivity contribution in [2.45, 2.75) is 50.4 Å². The molecule has 0 amide bonds. The highest BCUT2D eigenvalue weighted by molar-refractivity contribution is 8.01. The minimum Gasteiger partial charge on any atom is -0.463 e. The van der Waals surface area contributed by atoms with Crippen LogP contribution < -0.4 is 0 Å². The molecule has 0 spiro atoms. The topological polar surface area (TPSA) is 93.1 Å². The Morgan fingerprint density at radius 3 is 1.63 bits per heavy atom. The Kier molecular flexibility index (Phi) is 10.6. The lowest BCUT2D eigenvalue weighted by atomic mass is 10.4. The predicted molar refractivity (Wildman–Crippen MR) is 71.3 cm³/mol. The zero-order valence-electron chi connectivity index (χ0n) is 11.3. The van der Waals surface area contributed by atoms with E-state index in [-0.39, 0.29) is 13.2 Å². The Morgan fingerprint density at radius 2 is 1.32 bits per heavy atom. The molecule has 0 fully saturated rings. The van der Waals surface area contributed by atoms with E-state index in [9.17, 15) is 19.8 Å². The van der Waals surface area contributed by atoms with Gasteiger partial charge < -0.3 is 19.7 Å². The van der Waals surface area contributed by atoms with E-state index in [1.807, 2.05) is 13.8 Å². The standard InChI is InChI=1S/C12H22O6S/c1-3-5-7-17-9(13)11(15)19-12(16)10(14)18-8-6-4-2/h11-12,15-16H,3-8H2,1-2H3. The number of ether oxygens (including phenoxy) is 2. The van der Waals surface area contributed by atoms with Gasteiger partial charge in [-0.15, -0.1) is 0 Å². The number of thioether (sulfide) groups is 1. The number of esters is 2. The molecular weight excluding hydrogens is 272 g/mol. The van der Waals surface area contributed by atoms with Gasteiger partial charge in [-0.25, -0.2) is 9.59 Å². The third-order valence-corrected chi connectivity index (χ3v) is 3.05. The quantitative estimate of drug-likeness (QED) is 0.353. The average Bonchev–Trinajstić information content (AvgIpc) is 2.38. The largest absolute Gasteiger partial charge is 0.463 e. The molecule has 0 radical (unpaired) electrons. The molecule has 2 unspecified atom stereocenters. The number of aliphatic hydroxyl groups excluding tert-OH is 2. The molecule has 0 aliphatic rings. The molecule has 0 aromatic rings. The van der Waals surface area contributed by atoms with Crippen molar-refractivity contribution in [3.05, 3.63) is 0 Å². The van der Waals surface area contributed by atoms with Gasteiger partial charge in [0.2, 0.25) is 10.9 Å². The number of carbonyl (C=O) groups excluding carboxylic acids is 2. The van der Waals surface area contributed by atoms with E-state index in [0.717, 1.165) is 12.8 Å². The zero-order valence-corrected chi connectivity index (χ0v) is 12.1. The van der Waals surface area contributed by atoms with Crippen LogP contribution in [0.5, 0.6) is 0 Å². The van der Waals surface area contributed by atoms with E-state index in [0.29, 0.717) is 24.6 Å². The van der Waals surface area contributed by atoms with Gasteiger partial charge in [-0.05, 0) is 12.8 Å². The summed E-state index contributed by atoms with van der Waals surface area (Å²) >= 11 is 0.394. The van der Waals surface area contributed by atoms with Gasteiger partial charge in [0.05, 0.1) is 13.2 Å². The van der Waals surface area contributed by atoms with Crippen LogP contribution in [-0.2, 0) is 19.1 Å². The molecule has 0 aliphatic heterocycles. The van der Waals surface area contributed by atoms with Crippen LogP contribution in [0, 0.1) is 0 Å². The van der Waals surface area contributed by atoms with Crippen molar-refractivity contribution in [2.75, 3.05) is 13.2 Å². The predicted octanol–water partition coefficient (Wildman–Crippen LogP) is 1.04. The Bertz CT molecular complexity index is 245. The Hall–Kier alpha value is -0.790. The lowest BCUT2D eigenvalue weighted by Gasteiger charge is -2.14. The lowest BCUT2D eigenvalue weighted by Crippen LogP contribution is -2.28. The fraction of sp³-hybridized carbons (Fsp3) is 0.833. The second-order valence-corrected chi connectivity index (χ2v) is 5.05. The van der Waals surface area contributed by atoms with Gasteiger partial charge in [0.15, 0.2) is 0 Å². The molecular formula is C12H22O6S. The van der Waals surface area contributed by atoms with Gasteiger partial charge in [-0.3, -0.25) is 0 Å². The summed E-state index contributed by atoms with van der Waals surface area (Å²) in [6.45, 7) is 4.30. The summed E-state index contributed by atoms with van der Waals surface area (Å²) in [4.78, 5) is 22.6. The summed E-state index contributed by atoms with van der Waals surface area (Å²) in [6.07, 6.45) is 3.13. The number of hydrogen-bond acceptors (Lipinski definition) is 7. The number of unbranched alkanes of at least 4 members (excludes halogenated alkanes) is 2. The van der Waals surface area contributed by atoms with Gasteiger partial charge in [-0.2, -0.15) is 0 Å². The van der Waals surface area contributed by atoms with Gasteiger partial charge >= 0.3 is 11.9 Å². The molecule has 7 heteroatoms. The zero-order chi connectivity index (χ0) is 14.7. The normalized spacial score (nSPS) is 13.7. The third kappa shape index (κ3) is 8.85. The number of aliphatic hydroxyl groups is 2. The number of carbonyl (C=O) groups is 2. The monoisotopic (exact) mass is 294 g/mol. The van der Waals surface area contributed by atoms with Crippen LogP contribution in [0.2, 0.25) is 0 Å². The van der Waals surface area contributed by atoms with Crippen LogP contribution in [0.3, 0.4) is 0 Å². The van der Waals surface area contributed by atoms with Gasteiger partial charge in [0.1, 0.15) is 0 Å². The van der Waals surface area contributed by atoms with Gasteiger partial charge in [0.25, 0.3) is 0 Å². The summed E-state index contributed by atoms with van der Waals surface area (Å²) in [5.41, 5.74) is -3.18. The van der Waals surface area contributed by atoms with Crippen LogP contribution in [-0.4, -0.2) is 46.2 Å². The molecule has 2 N–H and O–H groups in total. The van der Waals surface area contributed by atoms with Crippen molar-refractivity contribution in [1.82, 2.24) is 0 Å². The van der Waals surface area contributed by atoms with E-state index in [4.69, 9.17) is 9.47 Å². The Morgan fingerprint density at radius 1 is 0.947 bits per heavy atom. The highest BCUT2D eigenvalue weighted by Gasteiger charge is 2.26. The van der Waals surface area contributed by atoms with E-state index in [1.165, 1.54) is 0 Å². The maximum Gasteiger partial charge on any atom is 0.345 e. The Labute approximate surface area is 117 Å². The molecule has 0 saturated carbocycles. The first-order valence-electron chi connectivity index (χ1n) is 6.37. The summed E-state index contributed by atoms with van der Waals surface area (Å²) in [5, 5.41) is 18.9. The minimum atomic E-state index is -1.59. The maximum atomic E-state index is 11.3.